The quantitative estimate of drug-likeness (QED) is 0.421. The van der Waals surface area contributed by atoms with E-state index in [9.17, 15) is 18.7 Å². The first-order valence-electron chi connectivity index (χ1n) is 8.97. The van der Waals surface area contributed by atoms with E-state index in [1.807, 2.05) is 0 Å². The van der Waals surface area contributed by atoms with E-state index in [1.54, 1.807) is 13.8 Å². The number of carbonyl (C=O) groups is 1. The van der Waals surface area contributed by atoms with Crippen LogP contribution < -0.4 is 11.5 Å². The van der Waals surface area contributed by atoms with E-state index >= 15 is 0 Å². The van der Waals surface area contributed by atoms with Gasteiger partial charge in [0.15, 0.2) is 0 Å². The number of carbonyl (C=O) groups excluding carboxylic acids is 1. The zero-order valence-corrected chi connectivity index (χ0v) is 16.7. The molecule has 0 aliphatic heterocycles. The van der Waals surface area contributed by atoms with Gasteiger partial charge in [0, 0.05) is 28.7 Å². The normalized spacial score (nSPS) is 13.5. The monoisotopic (exact) mass is 413 g/mol. The Balaban J connectivity index is 2.75. The zero-order chi connectivity index (χ0) is 22.3. The van der Waals surface area contributed by atoms with E-state index in [0.717, 1.165) is 0 Å². The number of pyridine rings is 2. The van der Waals surface area contributed by atoms with E-state index in [1.165, 1.54) is 36.0 Å². The van der Waals surface area contributed by atoms with Crippen LogP contribution >= 0.6 is 0 Å². The van der Waals surface area contributed by atoms with Crippen LogP contribution in [0.3, 0.4) is 0 Å². The molecule has 0 aliphatic carbocycles. The number of aliphatic hydroxyl groups is 1. The van der Waals surface area contributed by atoms with Gasteiger partial charge in [-0.3, -0.25) is 14.3 Å². The minimum Gasteiger partial charge on any atom is -0.512 e. The summed E-state index contributed by atoms with van der Waals surface area (Å²) in [7, 11) is 0. The molecule has 0 aromatic carbocycles. The summed E-state index contributed by atoms with van der Waals surface area (Å²) in [5.74, 6) is -1.13. The van der Waals surface area contributed by atoms with Crippen LogP contribution in [-0.4, -0.2) is 25.5 Å². The Labute approximate surface area is 171 Å². The number of aliphatic hydroxyl groups excluding tert-OH is 1. The molecule has 0 atom stereocenters. The van der Waals surface area contributed by atoms with Crippen LogP contribution in [0.15, 0.2) is 48.0 Å². The summed E-state index contributed by atoms with van der Waals surface area (Å²) in [6.07, 6.45) is 1.43. The second-order valence-corrected chi connectivity index (χ2v) is 6.82. The molecular formula is C21H21F2N5O2. The van der Waals surface area contributed by atoms with Gasteiger partial charge in [-0.25, -0.2) is 13.8 Å². The van der Waals surface area contributed by atoms with Crippen molar-refractivity contribution in [2.24, 2.45) is 5.73 Å². The number of amides is 1. The molecule has 9 heteroatoms. The van der Waals surface area contributed by atoms with Crippen molar-refractivity contribution in [1.82, 2.24) is 14.5 Å². The lowest BCUT2D eigenvalue weighted by atomic mass is 10.1. The maximum atomic E-state index is 14.0. The minimum atomic E-state index is -2.98. The number of aromatic nitrogens is 3. The molecule has 0 radical (unpaired) electrons. The lowest BCUT2D eigenvalue weighted by Crippen LogP contribution is -2.15. The maximum absolute atomic E-state index is 14.0. The van der Waals surface area contributed by atoms with Gasteiger partial charge in [-0.1, -0.05) is 12.7 Å². The molecule has 7 nitrogen and oxygen atoms in total. The van der Waals surface area contributed by atoms with Crippen LogP contribution in [-0.2, 0) is 0 Å². The highest BCUT2D eigenvalue weighted by molar-refractivity contribution is 6.19. The molecule has 3 heterocycles. The molecule has 0 aliphatic rings. The second kappa shape index (κ2) is 7.58. The van der Waals surface area contributed by atoms with Crippen molar-refractivity contribution in [3.05, 3.63) is 59.3 Å². The first-order valence-corrected chi connectivity index (χ1v) is 8.97. The Morgan fingerprint density at radius 2 is 2.00 bits per heavy atom. The lowest BCUT2D eigenvalue weighted by molar-refractivity contribution is 0.100. The highest BCUT2D eigenvalue weighted by Gasteiger charge is 2.30. The standard InChI is InChI=1S/C21H21F2N5O2/c1-5-9(2)17(10(3)11(4)29)28-18-12-8-26-7-6-13(12)27-16(19(22)23)14(18)15(20(28)24)21(25)30/h5-8,19,29H,1,24H2,2-4H3,(H2,25,30)/b11-10+,17-9+. The summed E-state index contributed by atoms with van der Waals surface area (Å²) in [5.41, 5.74) is 12.8. The summed E-state index contributed by atoms with van der Waals surface area (Å²) < 4.78 is 29.4. The van der Waals surface area contributed by atoms with Gasteiger partial charge in [-0.2, -0.15) is 0 Å². The van der Waals surface area contributed by atoms with Gasteiger partial charge < -0.3 is 16.6 Å². The van der Waals surface area contributed by atoms with Gasteiger partial charge in [0.05, 0.1) is 28.1 Å². The number of anilines is 1. The third-order valence-electron chi connectivity index (χ3n) is 5.01. The van der Waals surface area contributed by atoms with Crippen molar-refractivity contribution in [2.75, 3.05) is 5.73 Å². The number of hydrogen-bond acceptors (Lipinski definition) is 5. The van der Waals surface area contributed by atoms with Crippen molar-refractivity contribution < 1.29 is 18.7 Å². The van der Waals surface area contributed by atoms with Crippen LogP contribution in [0.1, 0.15) is 43.2 Å². The van der Waals surface area contributed by atoms with E-state index in [4.69, 9.17) is 11.5 Å². The van der Waals surface area contributed by atoms with E-state index in [-0.39, 0.29) is 33.6 Å². The van der Waals surface area contributed by atoms with Crippen molar-refractivity contribution in [3.63, 3.8) is 0 Å². The molecule has 0 unspecified atom stereocenters. The van der Waals surface area contributed by atoms with Crippen LogP contribution in [0.5, 0.6) is 0 Å². The Morgan fingerprint density at radius 3 is 2.53 bits per heavy atom. The Morgan fingerprint density at radius 1 is 1.33 bits per heavy atom. The third kappa shape index (κ3) is 3.08. The highest BCUT2D eigenvalue weighted by atomic mass is 19.3. The number of allylic oxidation sites excluding steroid dienone is 5. The van der Waals surface area contributed by atoms with Crippen molar-refractivity contribution in [2.45, 2.75) is 27.2 Å². The summed E-state index contributed by atoms with van der Waals surface area (Å²) >= 11 is 0. The summed E-state index contributed by atoms with van der Waals surface area (Å²) in [4.78, 5) is 20.4. The zero-order valence-electron chi connectivity index (χ0n) is 16.7. The lowest BCUT2D eigenvalue weighted by Gasteiger charge is -2.18. The van der Waals surface area contributed by atoms with Crippen molar-refractivity contribution in [1.29, 1.82) is 0 Å². The second-order valence-electron chi connectivity index (χ2n) is 6.82. The van der Waals surface area contributed by atoms with Gasteiger partial charge in [0.1, 0.15) is 11.5 Å². The Hall–Kier alpha value is -3.75. The van der Waals surface area contributed by atoms with Gasteiger partial charge in [0.2, 0.25) is 0 Å². The van der Waals surface area contributed by atoms with Crippen molar-refractivity contribution >= 4 is 39.2 Å². The van der Waals surface area contributed by atoms with E-state index in [0.29, 0.717) is 22.2 Å². The number of alkyl halides is 2. The topological polar surface area (TPSA) is 120 Å². The fourth-order valence-electron chi connectivity index (χ4n) is 3.50. The number of nitrogens with two attached hydrogens (primary N) is 2. The fraction of sp³-hybridized carbons (Fsp3) is 0.190. The average Bonchev–Trinajstić information content (AvgIpc) is 3.00. The van der Waals surface area contributed by atoms with Gasteiger partial charge >= 0.3 is 0 Å². The van der Waals surface area contributed by atoms with Gasteiger partial charge in [0.25, 0.3) is 12.3 Å². The molecule has 0 saturated heterocycles. The minimum absolute atomic E-state index is 0.0151. The van der Waals surface area contributed by atoms with Crippen LogP contribution in [0.25, 0.3) is 27.5 Å². The van der Waals surface area contributed by atoms with Crippen LogP contribution in [0, 0.1) is 0 Å². The number of hydrogen-bond donors (Lipinski definition) is 3. The smallest absolute Gasteiger partial charge is 0.281 e. The van der Waals surface area contributed by atoms with Crippen LogP contribution in [0.2, 0.25) is 0 Å². The number of rotatable bonds is 5. The molecule has 3 aromatic rings. The molecule has 0 spiro atoms. The van der Waals surface area contributed by atoms with Gasteiger partial charge in [-0.15, -0.1) is 0 Å². The van der Waals surface area contributed by atoms with Crippen LogP contribution in [0.4, 0.5) is 14.6 Å². The molecule has 0 fully saturated rings. The van der Waals surface area contributed by atoms with Gasteiger partial charge in [-0.05, 0) is 32.4 Å². The molecule has 156 valence electrons. The average molecular weight is 413 g/mol. The molecular weight excluding hydrogens is 392 g/mol. The predicted octanol–water partition coefficient (Wildman–Crippen LogP) is 4.47. The third-order valence-corrected chi connectivity index (χ3v) is 5.01. The Bertz CT molecular complexity index is 1270. The fourth-order valence-corrected chi connectivity index (χ4v) is 3.50. The Kier molecular flexibility index (Phi) is 5.30. The maximum Gasteiger partial charge on any atom is 0.281 e. The predicted molar refractivity (Wildman–Crippen MR) is 113 cm³/mol. The number of primary amides is 1. The molecule has 0 saturated carbocycles. The summed E-state index contributed by atoms with van der Waals surface area (Å²) in [6, 6.07) is 1.49. The first-order chi connectivity index (χ1) is 14.1. The van der Waals surface area contributed by atoms with E-state index in [2.05, 4.69) is 16.5 Å². The first kappa shape index (κ1) is 21.0. The van der Waals surface area contributed by atoms with E-state index < -0.39 is 18.0 Å². The van der Waals surface area contributed by atoms with Crippen molar-refractivity contribution in [3.8, 4) is 0 Å². The number of fused-ring (bicyclic) bond motifs is 3. The molecule has 5 N–H and O–H groups in total. The summed E-state index contributed by atoms with van der Waals surface area (Å²) in [5, 5.41) is 10.4. The number of nitrogens with zero attached hydrogens (tertiary/aromatic N) is 3. The highest BCUT2D eigenvalue weighted by Crippen LogP contribution is 2.41. The molecule has 0 bridgehead atoms. The largest absolute Gasteiger partial charge is 0.512 e. The number of nitrogen functional groups attached to an aromatic ring is 1. The molecule has 1 amide bonds. The molecule has 30 heavy (non-hydrogen) atoms. The molecule has 3 rings (SSSR count). The summed E-state index contributed by atoms with van der Waals surface area (Å²) in [6.45, 7) is 8.60. The SMILES string of the molecule is C=C/C(C)=C(\C(C)=C(/C)O)n1c(N)c(C(N)=O)c2c(C(F)F)nc3ccncc3c21. The number of halogens is 2. The molecule has 3 aromatic heterocycles.